The largest absolute Gasteiger partial charge is 0.368 e. The lowest BCUT2D eigenvalue weighted by Crippen LogP contribution is -2.52. The molecule has 1 fully saturated rings. The molecule has 184 valence electrons. The number of anilines is 2. The Bertz CT molecular complexity index is 1310. The van der Waals surface area contributed by atoms with Crippen molar-refractivity contribution >= 4 is 27.3 Å². The molecular formula is C28H33N3O3S. The second-order valence-corrected chi connectivity index (χ2v) is 11.1. The quantitative estimate of drug-likeness (QED) is 0.511. The molecule has 1 amide bonds. The topological polar surface area (TPSA) is 60.9 Å². The molecule has 0 spiro atoms. The number of hydrogen-bond donors (Lipinski definition) is 0. The van der Waals surface area contributed by atoms with Gasteiger partial charge < -0.3 is 9.80 Å². The third-order valence-corrected chi connectivity index (χ3v) is 8.51. The Kier molecular flexibility index (Phi) is 7.17. The second-order valence-electron chi connectivity index (χ2n) is 9.25. The first-order valence-corrected chi connectivity index (χ1v) is 13.4. The van der Waals surface area contributed by atoms with Crippen LogP contribution in [0.25, 0.3) is 0 Å². The van der Waals surface area contributed by atoms with Crippen molar-refractivity contribution in [3.05, 3.63) is 89.0 Å². The van der Waals surface area contributed by atoms with Gasteiger partial charge in [0.15, 0.2) is 0 Å². The zero-order valence-corrected chi connectivity index (χ0v) is 21.7. The number of benzene rings is 3. The lowest BCUT2D eigenvalue weighted by atomic mass is 10.1. The number of carbonyl (C=O) groups is 1. The lowest BCUT2D eigenvalue weighted by Gasteiger charge is -2.38. The van der Waals surface area contributed by atoms with Crippen LogP contribution in [0.5, 0.6) is 0 Å². The smallest absolute Gasteiger partial charge is 0.264 e. The monoisotopic (exact) mass is 491 g/mol. The van der Waals surface area contributed by atoms with Crippen LogP contribution in [0, 0.1) is 27.7 Å². The Balaban J connectivity index is 1.54. The summed E-state index contributed by atoms with van der Waals surface area (Å²) in [5.41, 5.74) is 6.09. The molecule has 35 heavy (non-hydrogen) atoms. The van der Waals surface area contributed by atoms with Crippen molar-refractivity contribution in [3.8, 4) is 0 Å². The van der Waals surface area contributed by atoms with Crippen LogP contribution < -0.4 is 9.21 Å². The molecule has 1 heterocycles. The summed E-state index contributed by atoms with van der Waals surface area (Å²) >= 11 is 0. The van der Waals surface area contributed by atoms with Gasteiger partial charge in [-0.25, -0.2) is 8.42 Å². The maximum atomic E-state index is 13.6. The van der Waals surface area contributed by atoms with Gasteiger partial charge in [-0.1, -0.05) is 42.0 Å². The summed E-state index contributed by atoms with van der Waals surface area (Å²) < 4.78 is 28.5. The first kappa shape index (κ1) is 24.8. The first-order valence-electron chi connectivity index (χ1n) is 11.9. The molecule has 1 aliphatic rings. The number of carbonyl (C=O) groups excluding carboxylic acids is 1. The minimum Gasteiger partial charge on any atom is -0.368 e. The molecule has 0 saturated carbocycles. The summed E-state index contributed by atoms with van der Waals surface area (Å²) in [5.74, 6) is -0.192. The number of rotatable bonds is 6. The highest BCUT2D eigenvalue weighted by atomic mass is 32.2. The van der Waals surface area contributed by atoms with Crippen molar-refractivity contribution in [2.75, 3.05) is 41.9 Å². The molecule has 3 aromatic rings. The van der Waals surface area contributed by atoms with Crippen LogP contribution >= 0.6 is 0 Å². The minimum absolute atomic E-state index is 0.178. The summed E-state index contributed by atoms with van der Waals surface area (Å²) in [4.78, 5) is 17.6. The Morgan fingerprint density at radius 1 is 0.829 bits per heavy atom. The van der Waals surface area contributed by atoms with Crippen LogP contribution in [0.4, 0.5) is 11.4 Å². The van der Waals surface area contributed by atoms with Gasteiger partial charge in [0.25, 0.3) is 10.0 Å². The third kappa shape index (κ3) is 5.35. The predicted molar refractivity (Wildman–Crippen MR) is 142 cm³/mol. The maximum absolute atomic E-state index is 13.6. The molecule has 0 aliphatic carbocycles. The van der Waals surface area contributed by atoms with E-state index in [4.69, 9.17) is 0 Å². The number of sulfonamides is 1. The van der Waals surface area contributed by atoms with E-state index in [1.165, 1.54) is 21.1 Å². The predicted octanol–water partition coefficient (Wildman–Crippen LogP) is 4.46. The van der Waals surface area contributed by atoms with E-state index in [0.717, 1.165) is 11.1 Å². The minimum atomic E-state index is -3.91. The fraction of sp³-hybridized carbons (Fsp3) is 0.321. The van der Waals surface area contributed by atoms with E-state index >= 15 is 0 Å². The van der Waals surface area contributed by atoms with E-state index in [9.17, 15) is 13.2 Å². The van der Waals surface area contributed by atoms with E-state index in [-0.39, 0.29) is 17.3 Å². The highest BCUT2D eigenvalue weighted by molar-refractivity contribution is 7.92. The molecule has 7 heteroatoms. The molecule has 3 aromatic carbocycles. The normalized spacial score (nSPS) is 14.2. The van der Waals surface area contributed by atoms with Crippen molar-refractivity contribution in [2.45, 2.75) is 32.6 Å². The molecule has 0 radical (unpaired) electrons. The van der Waals surface area contributed by atoms with Gasteiger partial charge >= 0.3 is 0 Å². The maximum Gasteiger partial charge on any atom is 0.264 e. The van der Waals surface area contributed by atoms with E-state index < -0.39 is 10.0 Å². The molecule has 0 N–H and O–H groups in total. The lowest BCUT2D eigenvalue weighted by molar-refractivity contribution is -0.129. The number of nitrogens with zero attached hydrogens (tertiary/aromatic N) is 3. The van der Waals surface area contributed by atoms with Crippen LogP contribution in [-0.2, 0) is 14.8 Å². The van der Waals surface area contributed by atoms with Gasteiger partial charge in [0.1, 0.15) is 6.54 Å². The van der Waals surface area contributed by atoms with E-state index in [1.807, 2.05) is 26.0 Å². The fourth-order valence-corrected chi connectivity index (χ4v) is 5.84. The van der Waals surface area contributed by atoms with Gasteiger partial charge in [-0.05, 0) is 74.7 Å². The molecule has 1 aliphatic heterocycles. The van der Waals surface area contributed by atoms with Gasteiger partial charge in [0.05, 0.1) is 10.6 Å². The molecule has 0 atom stereocenters. The average Bonchev–Trinajstić information content (AvgIpc) is 2.84. The van der Waals surface area contributed by atoms with Crippen molar-refractivity contribution in [2.24, 2.45) is 0 Å². The number of piperazine rings is 1. The van der Waals surface area contributed by atoms with Crippen molar-refractivity contribution in [3.63, 3.8) is 0 Å². The summed E-state index contributed by atoms with van der Waals surface area (Å²) in [6.07, 6.45) is 0. The van der Waals surface area contributed by atoms with Gasteiger partial charge in [0.2, 0.25) is 5.91 Å². The Morgan fingerprint density at radius 3 is 2.14 bits per heavy atom. The first-order chi connectivity index (χ1) is 16.7. The van der Waals surface area contributed by atoms with Crippen LogP contribution in [0.3, 0.4) is 0 Å². The Morgan fingerprint density at radius 2 is 1.49 bits per heavy atom. The molecule has 0 aromatic heterocycles. The van der Waals surface area contributed by atoms with E-state index in [2.05, 4.69) is 36.9 Å². The highest BCUT2D eigenvalue weighted by Gasteiger charge is 2.30. The summed E-state index contributed by atoms with van der Waals surface area (Å²) in [6.45, 7) is 10.4. The van der Waals surface area contributed by atoms with Crippen LogP contribution in [0.15, 0.2) is 71.6 Å². The Hall–Kier alpha value is -3.32. The number of amides is 1. The second kappa shape index (κ2) is 10.1. The summed E-state index contributed by atoms with van der Waals surface area (Å²) in [5, 5.41) is 0. The number of aryl methyl sites for hydroxylation is 3. The molecule has 6 nitrogen and oxygen atoms in total. The van der Waals surface area contributed by atoms with Crippen molar-refractivity contribution < 1.29 is 13.2 Å². The average molecular weight is 492 g/mol. The molecule has 0 unspecified atom stereocenters. The molecular weight excluding hydrogens is 458 g/mol. The Labute approximate surface area is 208 Å². The van der Waals surface area contributed by atoms with E-state index in [1.54, 1.807) is 41.3 Å². The fourth-order valence-electron chi connectivity index (χ4n) is 4.43. The van der Waals surface area contributed by atoms with Gasteiger partial charge in [-0.3, -0.25) is 9.10 Å². The summed E-state index contributed by atoms with van der Waals surface area (Å²) in [6, 6.07) is 20.3. The third-order valence-electron chi connectivity index (χ3n) is 6.73. The highest BCUT2D eigenvalue weighted by Crippen LogP contribution is 2.26. The standard InChI is InChI=1S/C28H33N3O3S/c1-21-11-13-26(14-12-21)35(33,34)31(25-9-5-7-22(2)19-25)20-28(32)30-17-15-29(16-18-30)27-10-6-8-23(3)24(27)4/h5-14,19H,15-18,20H2,1-4H3. The number of hydrogen-bond acceptors (Lipinski definition) is 4. The zero-order valence-electron chi connectivity index (χ0n) is 20.9. The SMILES string of the molecule is Cc1ccc(S(=O)(=O)N(CC(=O)N2CCN(c3cccc(C)c3C)CC2)c2cccc(C)c2)cc1. The van der Waals surface area contributed by atoms with Crippen molar-refractivity contribution in [1.29, 1.82) is 0 Å². The van der Waals surface area contributed by atoms with Gasteiger partial charge in [-0.15, -0.1) is 0 Å². The van der Waals surface area contributed by atoms with Gasteiger partial charge in [0, 0.05) is 31.9 Å². The van der Waals surface area contributed by atoms with Crippen molar-refractivity contribution in [1.82, 2.24) is 4.90 Å². The molecule has 1 saturated heterocycles. The van der Waals surface area contributed by atoms with Crippen LogP contribution in [0.1, 0.15) is 22.3 Å². The van der Waals surface area contributed by atoms with E-state index in [0.29, 0.717) is 31.9 Å². The molecule has 0 bridgehead atoms. The van der Waals surface area contributed by atoms with Crippen LogP contribution in [0.2, 0.25) is 0 Å². The van der Waals surface area contributed by atoms with Crippen LogP contribution in [-0.4, -0.2) is 51.9 Å². The zero-order chi connectivity index (χ0) is 25.2. The molecule has 4 rings (SSSR count). The summed E-state index contributed by atoms with van der Waals surface area (Å²) in [7, 11) is -3.91. The van der Waals surface area contributed by atoms with Gasteiger partial charge in [-0.2, -0.15) is 0 Å².